The molecule has 0 aromatic heterocycles. The fourth-order valence-electron chi connectivity index (χ4n) is 2.95. The zero-order chi connectivity index (χ0) is 22.6. The van der Waals surface area contributed by atoms with Gasteiger partial charge in [-0.05, 0) is 57.4 Å². The standard InChI is InChI=1S/C25H34N2O4/c1-5-22(30-20-12-8-18(3)9-13-20)24(28)26-16-7-17-27-25(29)23(6-2)31-21-14-10-19(4)11-15-21/h8-15,22-23H,5-7,16-17H2,1-4H3,(H,26,28)(H,27,29). The summed E-state index contributed by atoms with van der Waals surface area (Å²) in [4.78, 5) is 24.8. The highest BCUT2D eigenvalue weighted by Crippen LogP contribution is 2.15. The molecule has 0 spiro atoms. The smallest absolute Gasteiger partial charge is 0.261 e. The summed E-state index contributed by atoms with van der Waals surface area (Å²) in [6.45, 7) is 8.76. The van der Waals surface area contributed by atoms with Crippen molar-refractivity contribution in [1.29, 1.82) is 0 Å². The Morgan fingerprint density at radius 3 is 1.39 bits per heavy atom. The van der Waals surface area contributed by atoms with Crippen LogP contribution in [0.5, 0.6) is 11.5 Å². The first-order valence-corrected chi connectivity index (χ1v) is 10.9. The van der Waals surface area contributed by atoms with E-state index in [1.807, 2.05) is 76.2 Å². The summed E-state index contributed by atoms with van der Waals surface area (Å²) < 4.78 is 11.6. The van der Waals surface area contributed by atoms with E-state index in [1.54, 1.807) is 0 Å². The highest BCUT2D eigenvalue weighted by Gasteiger charge is 2.19. The molecule has 0 heterocycles. The number of hydrogen-bond donors (Lipinski definition) is 2. The fourth-order valence-corrected chi connectivity index (χ4v) is 2.95. The summed E-state index contributed by atoms with van der Waals surface area (Å²) in [5.41, 5.74) is 2.28. The lowest BCUT2D eigenvalue weighted by atomic mass is 10.2. The van der Waals surface area contributed by atoms with E-state index >= 15 is 0 Å². The molecule has 2 aromatic carbocycles. The molecule has 2 amide bonds. The Morgan fingerprint density at radius 2 is 1.06 bits per heavy atom. The topological polar surface area (TPSA) is 76.7 Å². The molecule has 31 heavy (non-hydrogen) atoms. The van der Waals surface area contributed by atoms with Crippen molar-refractivity contribution in [3.05, 3.63) is 59.7 Å². The third kappa shape index (κ3) is 8.32. The van der Waals surface area contributed by atoms with Gasteiger partial charge in [-0.1, -0.05) is 49.2 Å². The molecule has 2 rings (SSSR count). The van der Waals surface area contributed by atoms with Gasteiger partial charge in [0.15, 0.2) is 12.2 Å². The second-order valence-electron chi connectivity index (χ2n) is 7.59. The molecule has 0 saturated carbocycles. The van der Waals surface area contributed by atoms with Gasteiger partial charge in [-0.15, -0.1) is 0 Å². The van der Waals surface area contributed by atoms with Gasteiger partial charge < -0.3 is 20.1 Å². The molecule has 0 fully saturated rings. The van der Waals surface area contributed by atoms with Crippen LogP contribution >= 0.6 is 0 Å². The largest absolute Gasteiger partial charge is 0.481 e. The number of nitrogens with one attached hydrogen (secondary N) is 2. The molecule has 2 N–H and O–H groups in total. The van der Waals surface area contributed by atoms with Gasteiger partial charge in [-0.25, -0.2) is 0 Å². The quantitative estimate of drug-likeness (QED) is 0.504. The Labute approximate surface area is 185 Å². The average molecular weight is 427 g/mol. The second-order valence-corrected chi connectivity index (χ2v) is 7.59. The van der Waals surface area contributed by atoms with Crippen LogP contribution in [0.15, 0.2) is 48.5 Å². The van der Waals surface area contributed by atoms with E-state index in [4.69, 9.17) is 9.47 Å². The van der Waals surface area contributed by atoms with Crippen molar-refractivity contribution in [3.63, 3.8) is 0 Å². The van der Waals surface area contributed by atoms with E-state index in [2.05, 4.69) is 10.6 Å². The van der Waals surface area contributed by atoms with Crippen molar-refractivity contribution >= 4 is 11.8 Å². The minimum Gasteiger partial charge on any atom is -0.481 e. The van der Waals surface area contributed by atoms with Gasteiger partial charge in [-0.3, -0.25) is 9.59 Å². The number of carbonyl (C=O) groups excluding carboxylic acids is 2. The van der Waals surface area contributed by atoms with Crippen molar-refractivity contribution < 1.29 is 19.1 Å². The number of ether oxygens (including phenoxy) is 2. The van der Waals surface area contributed by atoms with Crippen LogP contribution in [0.2, 0.25) is 0 Å². The van der Waals surface area contributed by atoms with Gasteiger partial charge in [-0.2, -0.15) is 0 Å². The summed E-state index contributed by atoms with van der Waals surface area (Å²) in [6.07, 6.45) is 0.699. The van der Waals surface area contributed by atoms with Gasteiger partial charge in [0.1, 0.15) is 11.5 Å². The lowest BCUT2D eigenvalue weighted by molar-refractivity contribution is -0.128. The first-order chi connectivity index (χ1) is 14.9. The first kappa shape index (κ1) is 24.3. The minimum atomic E-state index is -0.537. The lowest BCUT2D eigenvalue weighted by Gasteiger charge is -2.18. The van der Waals surface area contributed by atoms with Crippen LogP contribution in [-0.4, -0.2) is 37.1 Å². The molecule has 2 atom stereocenters. The van der Waals surface area contributed by atoms with Crippen molar-refractivity contribution in [3.8, 4) is 11.5 Å². The van der Waals surface area contributed by atoms with E-state index in [9.17, 15) is 9.59 Å². The molecule has 6 nitrogen and oxygen atoms in total. The van der Waals surface area contributed by atoms with Gasteiger partial charge >= 0.3 is 0 Å². The molecule has 0 saturated heterocycles. The highest BCUT2D eigenvalue weighted by molar-refractivity contribution is 5.81. The first-order valence-electron chi connectivity index (χ1n) is 10.9. The highest BCUT2D eigenvalue weighted by atomic mass is 16.5. The molecule has 168 valence electrons. The third-order valence-electron chi connectivity index (χ3n) is 4.88. The second kappa shape index (κ2) is 12.6. The maximum absolute atomic E-state index is 12.4. The lowest BCUT2D eigenvalue weighted by Crippen LogP contribution is -2.41. The van der Waals surface area contributed by atoms with E-state index in [0.717, 1.165) is 11.1 Å². The monoisotopic (exact) mass is 426 g/mol. The number of amides is 2. The molecule has 2 unspecified atom stereocenters. The Kier molecular flexibility index (Phi) is 9.88. The van der Waals surface area contributed by atoms with Crippen LogP contribution in [0.1, 0.15) is 44.2 Å². The SMILES string of the molecule is CCC(Oc1ccc(C)cc1)C(=O)NCCCNC(=O)C(CC)Oc1ccc(C)cc1. The Bertz CT molecular complexity index is 749. The van der Waals surface area contributed by atoms with Crippen LogP contribution in [0.4, 0.5) is 0 Å². The maximum atomic E-state index is 12.4. The Hall–Kier alpha value is -3.02. The van der Waals surface area contributed by atoms with Crippen LogP contribution in [0, 0.1) is 13.8 Å². The fraction of sp³-hybridized carbons (Fsp3) is 0.440. The van der Waals surface area contributed by atoms with Gasteiger partial charge in [0, 0.05) is 13.1 Å². The molecular weight excluding hydrogens is 392 g/mol. The molecule has 0 aliphatic heterocycles. The van der Waals surface area contributed by atoms with Crippen LogP contribution in [0.25, 0.3) is 0 Å². The van der Waals surface area contributed by atoms with Crippen molar-refractivity contribution in [2.24, 2.45) is 0 Å². The predicted octanol–water partition coefficient (Wildman–Crippen LogP) is 3.94. The van der Waals surface area contributed by atoms with Crippen molar-refractivity contribution in [2.75, 3.05) is 13.1 Å². The molecule has 0 aliphatic rings. The van der Waals surface area contributed by atoms with Crippen LogP contribution in [0.3, 0.4) is 0 Å². The molecule has 6 heteroatoms. The van der Waals surface area contributed by atoms with Crippen LogP contribution in [-0.2, 0) is 9.59 Å². The van der Waals surface area contributed by atoms with E-state index in [0.29, 0.717) is 43.9 Å². The van der Waals surface area contributed by atoms with Crippen molar-refractivity contribution in [1.82, 2.24) is 10.6 Å². The molecule has 2 aromatic rings. The van der Waals surface area contributed by atoms with Crippen LogP contribution < -0.4 is 20.1 Å². The molecule has 0 bridgehead atoms. The summed E-state index contributed by atoms with van der Waals surface area (Å²) in [5.74, 6) is 1.06. The number of rotatable bonds is 12. The normalized spacial score (nSPS) is 12.5. The Balaban J connectivity index is 1.69. The molecule has 0 radical (unpaired) electrons. The molecule has 0 aliphatic carbocycles. The van der Waals surface area contributed by atoms with E-state index in [1.165, 1.54) is 0 Å². The minimum absolute atomic E-state index is 0.149. The summed E-state index contributed by atoms with van der Waals surface area (Å²) in [5, 5.41) is 5.76. The number of hydrogen-bond acceptors (Lipinski definition) is 4. The summed E-state index contributed by atoms with van der Waals surface area (Å²) >= 11 is 0. The number of aryl methyl sites for hydroxylation is 2. The van der Waals surface area contributed by atoms with E-state index < -0.39 is 12.2 Å². The summed E-state index contributed by atoms with van der Waals surface area (Å²) in [6, 6.07) is 15.3. The van der Waals surface area contributed by atoms with Gasteiger partial charge in [0.25, 0.3) is 11.8 Å². The molecular formula is C25H34N2O4. The zero-order valence-electron chi connectivity index (χ0n) is 18.9. The van der Waals surface area contributed by atoms with Crippen molar-refractivity contribution in [2.45, 2.75) is 59.2 Å². The third-order valence-corrected chi connectivity index (χ3v) is 4.88. The van der Waals surface area contributed by atoms with E-state index in [-0.39, 0.29) is 11.8 Å². The zero-order valence-corrected chi connectivity index (χ0v) is 18.9. The van der Waals surface area contributed by atoms with Gasteiger partial charge in [0.2, 0.25) is 0 Å². The summed E-state index contributed by atoms with van der Waals surface area (Å²) in [7, 11) is 0. The predicted molar refractivity (Wildman–Crippen MR) is 122 cm³/mol. The maximum Gasteiger partial charge on any atom is 0.261 e. The average Bonchev–Trinajstić information content (AvgIpc) is 2.77. The van der Waals surface area contributed by atoms with Gasteiger partial charge in [0.05, 0.1) is 0 Å². The Morgan fingerprint density at radius 1 is 0.710 bits per heavy atom. The number of benzene rings is 2. The number of carbonyl (C=O) groups is 2.